The highest BCUT2D eigenvalue weighted by atomic mass is 35.5. The van der Waals surface area contributed by atoms with Crippen molar-refractivity contribution in [1.82, 2.24) is 20.4 Å². The Labute approximate surface area is 332 Å². The molecule has 2 aromatic carbocycles. The van der Waals surface area contributed by atoms with Crippen LogP contribution in [0.25, 0.3) is 16.9 Å². The zero-order valence-electron chi connectivity index (χ0n) is 31.7. The molecule has 54 heavy (non-hydrogen) atoms. The minimum atomic E-state index is -1.38. The molecule has 13 nitrogen and oxygen atoms in total. The van der Waals surface area contributed by atoms with E-state index >= 15 is 0 Å². The summed E-state index contributed by atoms with van der Waals surface area (Å²) in [5.74, 6) is -1.13. The summed E-state index contributed by atoms with van der Waals surface area (Å²) in [7, 11) is 0. The van der Waals surface area contributed by atoms with E-state index in [0.29, 0.717) is 78.2 Å². The van der Waals surface area contributed by atoms with E-state index in [1.165, 1.54) is 0 Å². The molecule has 0 saturated heterocycles. The van der Waals surface area contributed by atoms with Crippen molar-refractivity contribution in [2.24, 2.45) is 0 Å². The molecule has 1 aromatic heterocycles. The third kappa shape index (κ3) is 14.0. The molecule has 298 valence electrons. The number of alkyl carbamates (subject to hydrolysis) is 1. The lowest BCUT2D eigenvalue weighted by Gasteiger charge is -2.31. The van der Waals surface area contributed by atoms with Crippen molar-refractivity contribution < 1.29 is 42.8 Å². The Morgan fingerprint density at radius 2 is 1.37 bits per heavy atom. The molecule has 0 aliphatic carbocycles. The summed E-state index contributed by atoms with van der Waals surface area (Å²) in [5.41, 5.74) is 0.609. The van der Waals surface area contributed by atoms with Crippen molar-refractivity contribution in [2.75, 3.05) is 66.0 Å². The fraction of sp³-hybridized carbons (Fsp3) is 0.526. The van der Waals surface area contributed by atoms with Crippen LogP contribution >= 0.6 is 34.8 Å². The van der Waals surface area contributed by atoms with E-state index in [1.54, 1.807) is 76.6 Å². The normalized spacial score (nSPS) is 12.6. The second kappa shape index (κ2) is 22.2. The standard InChI is InChI=1S/C38H51Cl3N4O9/c1-7-38(35(47)53-8-2,15-17-49-19-21-51-23-24-52-22-20-50-18-16-42-36(48)54-37(4,5)6)43-34(46)32-26(3)33(27-9-11-28(39)12-10-27)45(44-32)31-14-13-29(40)25-30(31)41/h9-14,25H,7-8,15-24H2,1-6H3,(H,42,48)(H,43,46). The molecule has 0 saturated carbocycles. The van der Waals surface area contributed by atoms with Crippen molar-refractivity contribution in [3.8, 4) is 16.9 Å². The van der Waals surface area contributed by atoms with Crippen molar-refractivity contribution in [3.63, 3.8) is 0 Å². The number of amides is 2. The molecule has 0 aliphatic rings. The molecule has 1 heterocycles. The number of nitrogens with zero attached hydrogens (tertiary/aromatic N) is 2. The van der Waals surface area contributed by atoms with E-state index in [-0.39, 0.29) is 38.4 Å². The average molecular weight is 814 g/mol. The Hall–Kier alpha value is -3.43. The number of hydrogen-bond donors (Lipinski definition) is 2. The molecular weight excluding hydrogens is 763 g/mol. The SMILES string of the molecule is CCOC(=O)C(CC)(CCOCCOCCOCCOCCNC(=O)OC(C)(C)C)NC(=O)c1nn(-c2ccc(Cl)cc2Cl)c(-c2ccc(Cl)cc2)c1C. The summed E-state index contributed by atoms with van der Waals surface area (Å²) >= 11 is 18.9. The van der Waals surface area contributed by atoms with Gasteiger partial charge in [0.1, 0.15) is 11.1 Å². The molecule has 16 heteroatoms. The monoisotopic (exact) mass is 812 g/mol. The number of carbonyl (C=O) groups is 3. The number of rotatable bonds is 22. The third-order valence-corrected chi connectivity index (χ3v) is 8.71. The van der Waals surface area contributed by atoms with Gasteiger partial charge in [-0.15, -0.1) is 0 Å². The van der Waals surface area contributed by atoms with Gasteiger partial charge in [-0.25, -0.2) is 14.3 Å². The number of nitrogens with one attached hydrogen (secondary N) is 2. The lowest BCUT2D eigenvalue weighted by molar-refractivity contribution is -0.152. The van der Waals surface area contributed by atoms with Gasteiger partial charge in [0.25, 0.3) is 5.91 Å². The Morgan fingerprint density at radius 3 is 1.93 bits per heavy atom. The fourth-order valence-corrected chi connectivity index (χ4v) is 5.82. The van der Waals surface area contributed by atoms with E-state index in [9.17, 15) is 14.4 Å². The Balaban J connectivity index is 1.53. The van der Waals surface area contributed by atoms with Gasteiger partial charge in [-0.05, 0) is 71.4 Å². The Morgan fingerprint density at radius 1 is 0.796 bits per heavy atom. The van der Waals surface area contributed by atoms with Gasteiger partial charge in [-0.3, -0.25) is 4.79 Å². The molecule has 0 bridgehead atoms. The van der Waals surface area contributed by atoms with Gasteiger partial charge < -0.3 is 39.1 Å². The van der Waals surface area contributed by atoms with Crippen molar-refractivity contribution in [1.29, 1.82) is 0 Å². The highest BCUT2D eigenvalue weighted by Crippen LogP contribution is 2.33. The quantitative estimate of drug-likeness (QED) is 0.0787. The predicted molar refractivity (Wildman–Crippen MR) is 208 cm³/mol. The van der Waals surface area contributed by atoms with E-state index < -0.39 is 29.1 Å². The second-order valence-corrected chi connectivity index (χ2v) is 14.4. The molecule has 0 spiro atoms. The highest BCUT2D eigenvalue weighted by Gasteiger charge is 2.41. The zero-order valence-corrected chi connectivity index (χ0v) is 34.0. The number of hydrogen-bond acceptors (Lipinski definition) is 10. The first kappa shape index (κ1) is 45.0. The lowest BCUT2D eigenvalue weighted by atomic mass is 9.91. The zero-order chi connectivity index (χ0) is 39.7. The molecule has 0 radical (unpaired) electrons. The fourth-order valence-electron chi connectivity index (χ4n) is 5.20. The number of benzene rings is 2. The molecule has 3 rings (SSSR count). The van der Waals surface area contributed by atoms with Gasteiger partial charge >= 0.3 is 12.1 Å². The van der Waals surface area contributed by atoms with Crippen LogP contribution in [-0.4, -0.2) is 105 Å². The van der Waals surface area contributed by atoms with Crippen LogP contribution in [0.1, 0.15) is 63.5 Å². The number of aromatic nitrogens is 2. The lowest BCUT2D eigenvalue weighted by Crippen LogP contribution is -2.55. The maximum absolute atomic E-state index is 14.0. The molecular formula is C38H51Cl3N4O9. The predicted octanol–water partition coefficient (Wildman–Crippen LogP) is 7.23. The van der Waals surface area contributed by atoms with Gasteiger partial charge in [0, 0.05) is 40.7 Å². The second-order valence-electron chi connectivity index (χ2n) is 13.1. The largest absolute Gasteiger partial charge is 0.464 e. The van der Waals surface area contributed by atoms with Gasteiger partial charge in [-0.2, -0.15) is 5.10 Å². The topological polar surface area (TPSA) is 148 Å². The first-order valence-corrected chi connectivity index (χ1v) is 18.9. The number of carbonyl (C=O) groups excluding carboxylic acids is 3. The number of ether oxygens (including phenoxy) is 6. The molecule has 1 unspecified atom stereocenters. The summed E-state index contributed by atoms with van der Waals surface area (Å²) in [4.78, 5) is 39.0. The summed E-state index contributed by atoms with van der Waals surface area (Å²) in [6, 6.07) is 12.1. The van der Waals surface area contributed by atoms with E-state index in [1.807, 2.05) is 12.1 Å². The van der Waals surface area contributed by atoms with Gasteiger partial charge in [0.2, 0.25) is 0 Å². The van der Waals surface area contributed by atoms with Crippen LogP contribution in [-0.2, 0) is 33.2 Å². The van der Waals surface area contributed by atoms with Crippen LogP contribution in [0, 0.1) is 6.92 Å². The summed E-state index contributed by atoms with van der Waals surface area (Å²) in [6.45, 7) is 13.7. The molecule has 0 aliphatic heterocycles. The highest BCUT2D eigenvalue weighted by molar-refractivity contribution is 6.35. The summed E-state index contributed by atoms with van der Waals surface area (Å²) < 4.78 is 34.5. The van der Waals surface area contributed by atoms with Crippen molar-refractivity contribution in [2.45, 2.75) is 65.5 Å². The van der Waals surface area contributed by atoms with E-state index in [2.05, 4.69) is 10.6 Å². The van der Waals surface area contributed by atoms with Crippen LogP contribution in [0.2, 0.25) is 15.1 Å². The molecule has 2 amide bonds. The van der Waals surface area contributed by atoms with Gasteiger partial charge in [-0.1, -0.05) is 53.9 Å². The maximum Gasteiger partial charge on any atom is 0.407 e. The maximum atomic E-state index is 14.0. The van der Waals surface area contributed by atoms with Crippen LogP contribution in [0.5, 0.6) is 0 Å². The van der Waals surface area contributed by atoms with Crippen molar-refractivity contribution >= 4 is 52.8 Å². The third-order valence-electron chi connectivity index (χ3n) is 7.92. The van der Waals surface area contributed by atoms with Crippen LogP contribution in [0.15, 0.2) is 42.5 Å². The first-order chi connectivity index (χ1) is 25.7. The van der Waals surface area contributed by atoms with Crippen LogP contribution in [0.3, 0.4) is 0 Å². The van der Waals surface area contributed by atoms with E-state index in [0.717, 1.165) is 5.56 Å². The first-order valence-electron chi connectivity index (χ1n) is 17.8. The van der Waals surface area contributed by atoms with Gasteiger partial charge in [0.15, 0.2) is 5.69 Å². The summed E-state index contributed by atoms with van der Waals surface area (Å²) in [5, 5.41) is 11.6. The van der Waals surface area contributed by atoms with Crippen LogP contribution in [0.4, 0.5) is 4.79 Å². The number of esters is 1. The average Bonchev–Trinajstić information content (AvgIpc) is 3.45. The van der Waals surface area contributed by atoms with Crippen molar-refractivity contribution in [3.05, 3.63) is 68.8 Å². The van der Waals surface area contributed by atoms with Crippen LogP contribution < -0.4 is 10.6 Å². The molecule has 0 fully saturated rings. The Bertz CT molecular complexity index is 1660. The number of halogens is 3. The molecule has 1 atom stereocenters. The minimum Gasteiger partial charge on any atom is -0.464 e. The molecule has 2 N–H and O–H groups in total. The summed E-state index contributed by atoms with van der Waals surface area (Å²) in [6.07, 6.45) is -0.0940. The smallest absolute Gasteiger partial charge is 0.407 e. The molecule has 3 aromatic rings. The Kier molecular flexibility index (Phi) is 18.5. The minimum absolute atomic E-state index is 0.103. The van der Waals surface area contributed by atoms with E-state index in [4.69, 9.17) is 68.3 Å². The van der Waals surface area contributed by atoms with Gasteiger partial charge in [0.05, 0.1) is 69.3 Å².